The third kappa shape index (κ3) is 4.69. The number of hydrogen-bond donors (Lipinski definition) is 1. The first-order valence-corrected chi connectivity index (χ1v) is 7.87. The molecule has 2 aromatic carbocycles. The van der Waals surface area contributed by atoms with Gasteiger partial charge >= 0.3 is 0 Å². The van der Waals surface area contributed by atoms with Crippen LogP contribution < -0.4 is 10.1 Å². The van der Waals surface area contributed by atoms with Crippen LogP contribution in [-0.4, -0.2) is 31.0 Å². The van der Waals surface area contributed by atoms with Crippen LogP contribution in [-0.2, 0) is 11.3 Å². The highest BCUT2D eigenvalue weighted by atomic mass is 35.5. The van der Waals surface area contributed by atoms with Crippen molar-refractivity contribution < 1.29 is 13.9 Å². The molecule has 0 aliphatic heterocycles. The van der Waals surface area contributed by atoms with Crippen molar-refractivity contribution in [2.75, 3.05) is 19.5 Å². The molecule has 0 saturated carbocycles. The van der Waals surface area contributed by atoms with Gasteiger partial charge in [-0.1, -0.05) is 17.7 Å². The third-order valence-electron chi connectivity index (χ3n) is 3.80. The first-order valence-electron chi connectivity index (χ1n) is 7.50. The summed E-state index contributed by atoms with van der Waals surface area (Å²) in [7, 11) is 3.24. The van der Waals surface area contributed by atoms with E-state index < -0.39 is 5.82 Å². The first-order chi connectivity index (χ1) is 11.4. The van der Waals surface area contributed by atoms with Crippen molar-refractivity contribution in [2.24, 2.45) is 0 Å². The van der Waals surface area contributed by atoms with Crippen molar-refractivity contribution >= 4 is 23.2 Å². The minimum atomic E-state index is -0.415. The molecule has 128 valence electrons. The summed E-state index contributed by atoms with van der Waals surface area (Å²) in [6.45, 7) is 2.24. The van der Waals surface area contributed by atoms with Crippen LogP contribution in [0, 0.1) is 5.82 Å². The van der Waals surface area contributed by atoms with Crippen LogP contribution in [0.15, 0.2) is 42.5 Å². The topological polar surface area (TPSA) is 41.6 Å². The van der Waals surface area contributed by atoms with Gasteiger partial charge in [0, 0.05) is 17.3 Å². The summed E-state index contributed by atoms with van der Waals surface area (Å²) in [5, 5.41) is 3.44. The van der Waals surface area contributed by atoms with Gasteiger partial charge in [0.05, 0.1) is 13.2 Å². The van der Waals surface area contributed by atoms with Gasteiger partial charge in [0.15, 0.2) is 11.6 Å². The molecule has 2 aromatic rings. The van der Waals surface area contributed by atoms with E-state index in [4.69, 9.17) is 16.3 Å². The predicted molar refractivity (Wildman–Crippen MR) is 94.0 cm³/mol. The SMILES string of the molecule is COc1ccc(CN(C)[C@@H](C)C(=O)Nc2ccc(Cl)cc2)cc1F. The Hall–Kier alpha value is -2.11. The van der Waals surface area contributed by atoms with Gasteiger partial charge in [-0.2, -0.15) is 0 Å². The molecular formula is C18H20ClFN2O2. The van der Waals surface area contributed by atoms with Crippen molar-refractivity contribution in [3.63, 3.8) is 0 Å². The molecule has 0 spiro atoms. The average Bonchev–Trinajstić information content (AvgIpc) is 2.56. The average molecular weight is 351 g/mol. The Morgan fingerprint density at radius 3 is 2.54 bits per heavy atom. The molecule has 1 atom stereocenters. The van der Waals surface area contributed by atoms with Gasteiger partial charge in [-0.05, 0) is 55.9 Å². The summed E-state index contributed by atoms with van der Waals surface area (Å²) >= 11 is 5.83. The summed E-state index contributed by atoms with van der Waals surface area (Å²) in [5.41, 5.74) is 1.45. The number of anilines is 1. The van der Waals surface area contributed by atoms with E-state index >= 15 is 0 Å². The van der Waals surface area contributed by atoms with E-state index in [1.165, 1.54) is 13.2 Å². The predicted octanol–water partition coefficient (Wildman–Crippen LogP) is 3.95. The Balaban J connectivity index is 1.97. The maximum Gasteiger partial charge on any atom is 0.241 e. The molecule has 0 fully saturated rings. The largest absolute Gasteiger partial charge is 0.494 e. The summed E-state index contributed by atoms with van der Waals surface area (Å²) in [5.74, 6) is -0.356. The van der Waals surface area contributed by atoms with E-state index in [1.54, 1.807) is 43.3 Å². The first kappa shape index (κ1) is 18.2. The van der Waals surface area contributed by atoms with Crippen molar-refractivity contribution in [3.05, 3.63) is 58.9 Å². The number of amides is 1. The van der Waals surface area contributed by atoms with Crippen molar-refractivity contribution in [1.29, 1.82) is 0 Å². The number of halogens is 2. The second-order valence-corrected chi connectivity index (χ2v) is 5.99. The molecule has 0 unspecified atom stereocenters. The number of methoxy groups -OCH3 is 1. The Bertz CT molecular complexity index is 707. The molecule has 1 amide bonds. The van der Waals surface area contributed by atoms with Crippen LogP contribution in [0.5, 0.6) is 5.75 Å². The quantitative estimate of drug-likeness (QED) is 0.857. The fourth-order valence-corrected chi connectivity index (χ4v) is 2.34. The number of likely N-dealkylation sites (N-methyl/N-ethyl adjacent to an activating group) is 1. The van der Waals surface area contributed by atoms with Crippen molar-refractivity contribution in [2.45, 2.75) is 19.5 Å². The molecule has 4 nitrogen and oxygen atoms in total. The van der Waals surface area contributed by atoms with Gasteiger partial charge in [-0.3, -0.25) is 9.69 Å². The minimum Gasteiger partial charge on any atom is -0.494 e. The highest BCUT2D eigenvalue weighted by molar-refractivity contribution is 6.30. The molecule has 0 bridgehead atoms. The highest BCUT2D eigenvalue weighted by Gasteiger charge is 2.18. The van der Waals surface area contributed by atoms with Crippen molar-refractivity contribution in [1.82, 2.24) is 4.90 Å². The summed E-state index contributed by atoms with van der Waals surface area (Å²) in [4.78, 5) is 14.2. The Labute approximate surface area is 146 Å². The normalized spacial score (nSPS) is 12.1. The molecule has 0 aliphatic rings. The lowest BCUT2D eigenvalue weighted by Crippen LogP contribution is -2.39. The van der Waals surface area contributed by atoms with Crippen LogP contribution in [0.3, 0.4) is 0 Å². The zero-order valence-corrected chi connectivity index (χ0v) is 14.6. The Morgan fingerprint density at radius 1 is 1.29 bits per heavy atom. The molecule has 0 heterocycles. The van der Waals surface area contributed by atoms with Crippen LogP contribution in [0.2, 0.25) is 5.02 Å². The van der Waals surface area contributed by atoms with Gasteiger partial charge in [0.25, 0.3) is 0 Å². The van der Waals surface area contributed by atoms with Crippen LogP contribution in [0.1, 0.15) is 12.5 Å². The van der Waals surface area contributed by atoms with E-state index in [-0.39, 0.29) is 17.7 Å². The maximum atomic E-state index is 13.7. The van der Waals surface area contributed by atoms with Crippen LogP contribution >= 0.6 is 11.6 Å². The van der Waals surface area contributed by atoms with E-state index in [0.29, 0.717) is 17.3 Å². The molecule has 2 rings (SSSR count). The maximum absolute atomic E-state index is 13.7. The molecule has 0 radical (unpaired) electrons. The highest BCUT2D eigenvalue weighted by Crippen LogP contribution is 2.19. The number of nitrogens with one attached hydrogen (secondary N) is 1. The number of carbonyl (C=O) groups excluding carboxylic acids is 1. The molecular weight excluding hydrogens is 331 g/mol. The van der Waals surface area contributed by atoms with E-state index in [0.717, 1.165) is 5.56 Å². The monoisotopic (exact) mass is 350 g/mol. The van der Waals surface area contributed by atoms with Gasteiger partial charge in [-0.25, -0.2) is 4.39 Å². The third-order valence-corrected chi connectivity index (χ3v) is 4.05. The van der Waals surface area contributed by atoms with Gasteiger partial charge < -0.3 is 10.1 Å². The summed E-state index contributed by atoms with van der Waals surface area (Å²) in [6, 6.07) is 11.3. The zero-order valence-electron chi connectivity index (χ0n) is 13.8. The minimum absolute atomic E-state index is 0.145. The van der Waals surface area contributed by atoms with Crippen molar-refractivity contribution in [3.8, 4) is 5.75 Å². The fourth-order valence-electron chi connectivity index (χ4n) is 2.21. The number of hydrogen-bond acceptors (Lipinski definition) is 3. The second kappa shape index (κ2) is 8.13. The summed E-state index contributed by atoms with van der Waals surface area (Å²) < 4.78 is 18.7. The molecule has 0 saturated heterocycles. The lowest BCUT2D eigenvalue weighted by atomic mass is 10.1. The number of benzene rings is 2. The summed E-state index contributed by atoms with van der Waals surface area (Å²) in [6.07, 6.45) is 0. The van der Waals surface area contributed by atoms with E-state index in [1.807, 2.05) is 11.9 Å². The number of ether oxygens (including phenoxy) is 1. The van der Waals surface area contributed by atoms with E-state index in [9.17, 15) is 9.18 Å². The molecule has 1 N–H and O–H groups in total. The number of nitrogens with zero attached hydrogens (tertiary/aromatic N) is 1. The Morgan fingerprint density at radius 2 is 1.96 bits per heavy atom. The van der Waals surface area contributed by atoms with Gasteiger partial charge in [-0.15, -0.1) is 0 Å². The Kier molecular flexibility index (Phi) is 6.17. The lowest BCUT2D eigenvalue weighted by molar-refractivity contribution is -0.120. The van der Waals surface area contributed by atoms with E-state index in [2.05, 4.69) is 5.32 Å². The fraction of sp³-hybridized carbons (Fsp3) is 0.278. The molecule has 0 aromatic heterocycles. The molecule has 24 heavy (non-hydrogen) atoms. The molecule has 0 aliphatic carbocycles. The van der Waals surface area contributed by atoms with Gasteiger partial charge in [0.2, 0.25) is 5.91 Å². The van der Waals surface area contributed by atoms with Gasteiger partial charge in [0.1, 0.15) is 0 Å². The smallest absolute Gasteiger partial charge is 0.241 e. The van der Waals surface area contributed by atoms with Crippen LogP contribution in [0.4, 0.5) is 10.1 Å². The number of carbonyl (C=O) groups is 1. The lowest BCUT2D eigenvalue weighted by Gasteiger charge is -2.24. The molecule has 6 heteroatoms. The standard InChI is InChI=1S/C18H20ClFN2O2/c1-12(18(23)21-15-7-5-14(19)6-8-15)22(2)11-13-4-9-17(24-3)16(20)10-13/h4-10,12H,11H2,1-3H3,(H,21,23)/t12-/m0/s1. The second-order valence-electron chi connectivity index (χ2n) is 5.56. The zero-order chi connectivity index (χ0) is 17.7. The van der Waals surface area contributed by atoms with Crippen LogP contribution in [0.25, 0.3) is 0 Å². The number of rotatable bonds is 6.